The van der Waals surface area contributed by atoms with Crippen LogP contribution in [0.15, 0.2) is 10.1 Å². The number of nitrogens with zero attached hydrogens (tertiary/aromatic N) is 1. The summed E-state index contributed by atoms with van der Waals surface area (Å²) in [6, 6.07) is 0. The average molecular weight is 258 g/mol. The first-order valence-corrected chi connectivity index (χ1v) is 4.81. The first-order chi connectivity index (χ1) is 5.88. The molecular formula is C8H11BrF3N. The largest absolute Gasteiger partial charge is 0.401 e. The van der Waals surface area contributed by atoms with Gasteiger partial charge in [-0.25, -0.2) is 0 Å². The van der Waals surface area contributed by atoms with E-state index < -0.39 is 12.7 Å². The van der Waals surface area contributed by atoms with Crippen LogP contribution in [-0.2, 0) is 0 Å². The van der Waals surface area contributed by atoms with Crippen LogP contribution < -0.4 is 0 Å². The Hall–Kier alpha value is -0.0300. The van der Waals surface area contributed by atoms with E-state index in [9.17, 15) is 13.2 Å². The molecule has 0 aromatic rings. The first kappa shape index (κ1) is 11.0. The molecule has 0 bridgehead atoms. The maximum Gasteiger partial charge on any atom is 0.401 e. The molecule has 1 aliphatic rings. The van der Waals surface area contributed by atoms with E-state index in [0.717, 1.165) is 16.5 Å². The molecule has 1 rings (SSSR count). The molecule has 1 heterocycles. The summed E-state index contributed by atoms with van der Waals surface area (Å²) in [5.41, 5.74) is 1.15. The topological polar surface area (TPSA) is 3.24 Å². The molecule has 0 amide bonds. The van der Waals surface area contributed by atoms with Crippen molar-refractivity contribution in [2.24, 2.45) is 0 Å². The van der Waals surface area contributed by atoms with Crippen LogP contribution in [0.5, 0.6) is 0 Å². The van der Waals surface area contributed by atoms with Gasteiger partial charge < -0.3 is 0 Å². The molecule has 0 spiro atoms. The zero-order valence-corrected chi connectivity index (χ0v) is 8.87. The van der Waals surface area contributed by atoms with E-state index in [1.807, 2.05) is 6.92 Å². The number of hydrogen-bond acceptors (Lipinski definition) is 1. The van der Waals surface area contributed by atoms with E-state index in [1.54, 1.807) is 0 Å². The Morgan fingerprint density at radius 2 is 2.08 bits per heavy atom. The third-order valence-electron chi connectivity index (χ3n) is 2.03. The zero-order valence-electron chi connectivity index (χ0n) is 7.29. The smallest absolute Gasteiger partial charge is 0.290 e. The number of hydrogen-bond donors (Lipinski definition) is 0. The highest BCUT2D eigenvalue weighted by Gasteiger charge is 2.31. The Bertz CT molecular complexity index is 222. The summed E-state index contributed by atoms with van der Waals surface area (Å²) >= 11 is 3.27. The Balaban J connectivity index is 2.50. The Morgan fingerprint density at radius 3 is 2.54 bits per heavy atom. The molecule has 5 heteroatoms. The summed E-state index contributed by atoms with van der Waals surface area (Å²) in [5, 5.41) is 0. The summed E-state index contributed by atoms with van der Waals surface area (Å²) in [6.07, 6.45) is -3.37. The minimum Gasteiger partial charge on any atom is -0.290 e. The van der Waals surface area contributed by atoms with Crippen molar-refractivity contribution in [2.75, 3.05) is 19.6 Å². The van der Waals surface area contributed by atoms with Gasteiger partial charge in [-0.1, -0.05) is 21.5 Å². The number of halogens is 4. The van der Waals surface area contributed by atoms with Crippen LogP contribution in [0.4, 0.5) is 13.2 Å². The van der Waals surface area contributed by atoms with E-state index in [0.29, 0.717) is 13.1 Å². The van der Waals surface area contributed by atoms with Crippen molar-refractivity contribution in [1.29, 1.82) is 0 Å². The molecule has 1 aliphatic heterocycles. The van der Waals surface area contributed by atoms with E-state index in [1.165, 1.54) is 4.90 Å². The maximum atomic E-state index is 12.0. The normalized spacial score (nSPS) is 21.0. The predicted octanol–water partition coefficient (Wildman–Crippen LogP) is 2.92. The lowest BCUT2D eigenvalue weighted by atomic mass is 10.1. The van der Waals surface area contributed by atoms with Crippen LogP contribution in [0.3, 0.4) is 0 Å². The van der Waals surface area contributed by atoms with Gasteiger partial charge in [0.2, 0.25) is 0 Å². The number of alkyl halides is 3. The van der Waals surface area contributed by atoms with Crippen molar-refractivity contribution in [1.82, 2.24) is 4.90 Å². The van der Waals surface area contributed by atoms with Gasteiger partial charge in [-0.05, 0) is 13.3 Å². The van der Waals surface area contributed by atoms with Gasteiger partial charge in [-0.3, -0.25) is 4.90 Å². The minimum absolute atomic E-state index is 0.380. The summed E-state index contributed by atoms with van der Waals surface area (Å²) in [6.45, 7) is 2.01. The van der Waals surface area contributed by atoms with E-state index in [2.05, 4.69) is 15.9 Å². The minimum atomic E-state index is -4.08. The maximum absolute atomic E-state index is 12.0. The molecule has 0 aliphatic carbocycles. The van der Waals surface area contributed by atoms with Gasteiger partial charge >= 0.3 is 6.18 Å². The second-order valence-electron chi connectivity index (χ2n) is 3.26. The van der Waals surface area contributed by atoms with Crippen LogP contribution in [0, 0.1) is 0 Å². The molecule has 0 fully saturated rings. The summed E-state index contributed by atoms with van der Waals surface area (Å²) in [4.78, 5) is 1.40. The van der Waals surface area contributed by atoms with E-state index in [4.69, 9.17) is 0 Å². The van der Waals surface area contributed by atoms with Crippen molar-refractivity contribution < 1.29 is 13.2 Å². The van der Waals surface area contributed by atoms with Crippen molar-refractivity contribution in [3.63, 3.8) is 0 Å². The molecule has 0 aromatic heterocycles. The molecule has 0 N–H and O–H groups in total. The highest BCUT2D eigenvalue weighted by molar-refractivity contribution is 9.11. The van der Waals surface area contributed by atoms with Gasteiger partial charge in [0.05, 0.1) is 6.54 Å². The SMILES string of the molecule is CC1=C(Br)CN(CC(F)(F)F)CC1. The molecule has 0 atom stereocenters. The molecule has 13 heavy (non-hydrogen) atoms. The standard InChI is InChI=1S/C8H11BrF3N/c1-6-2-3-13(4-7(6)9)5-8(10,11)12/h2-5H2,1H3. The fraction of sp³-hybridized carbons (Fsp3) is 0.750. The third-order valence-corrected chi connectivity index (χ3v) is 2.96. The van der Waals surface area contributed by atoms with Crippen LogP contribution in [0.25, 0.3) is 0 Å². The summed E-state index contributed by atoms with van der Waals surface area (Å²) in [5.74, 6) is 0. The average Bonchev–Trinajstić information content (AvgIpc) is 1.94. The molecule has 0 radical (unpaired) electrons. The zero-order chi connectivity index (χ0) is 10.1. The lowest BCUT2D eigenvalue weighted by molar-refractivity contribution is -0.145. The molecule has 0 aromatic carbocycles. The monoisotopic (exact) mass is 257 g/mol. The Kier molecular flexibility index (Phi) is 3.40. The molecule has 0 saturated carbocycles. The second-order valence-corrected chi connectivity index (χ2v) is 4.22. The third kappa shape index (κ3) is 3.68. The molecule has 0 unspecified atom stereocenters. The van der Waals surface area contributed by atoms with Gasteiger partial charge in [0.25, 0.3) is 0 Å². The predicted molar refractivity (Wildman–Crippen MR) is 48.7 cm³/mol. The highest BCUT2D eigenvalue weighted by Crippen LogP contribution is 2.25. The molecule has 76 valence electrons. The molecular weight excluding hydrogens is 247 g/mol. The van der Waals surface area contributed by atoms with Crippen LogP contribution >= 0.6 is 15.9 Å². The first-order valence-electron chi connectivity index (χ1n) is 4.02. The van der Waals surface area contributed by atoms with Crippen molar-refractivity contribution in [3.8, 4) is 0 Å². The second kappa shape index (κ2) is 4.00. The van der Waals surface area contributed by atoms with Crippen molar-refractivity contribution in [3.05, 3.63) is 10.1 Å². The van der Waals surface area contributed by atoms with E-state index in [-0.39, 0.29) is 0 Å². The van der Waals surface area contributed by atoms with Crippen LogP contribution in [-0.4, -0.2) is 30.7 Å². The van der Waals surface area contributed by atoms with Gasteiger partial charge in [-0.2, -0.15) is 13.2 Å². The number of rotatable bonds is 1. The quantitative estimate of drug-likeness (QED) is 0.699. The summed E-state index contributed by atoms with van der Waals surface area (Å²) < 4.78 is 36.9. The molecule has 1 nitrogen and oxygen atoms in total. The van der Waals surface area contributed by atoms with E-state index >= 15 is 0 Å². The lowest BCUT2D eigenvalue weighted by Gasteiger charge is -2.28. The molecule has 0 saturated heterocycles. The lowest BCUT2D eigenvalue weighted by Crippen LogP contribution is -2.37. The Morgan fingerprint density at radius 1 is 1.46 bits per heavy atom. The highest BCUT2D eigenvalue weighted by atomic mass is 79.9. The van der Waals surface area contributed by atoms with Crippen molar-refractivity contribution >= 4 is 15.9 Å². The van der Waals surface area contributed by atoms with Crippen LogP contribution in [0.1, 0.15) is 13.3 Å². The van der Waals surface area contributed by atoms with Gasteiger partial charge in [0.1, 0.15) is 0 Å². The van der Waals surface area contributed by atoms with Crippen molar-refractivity contribution in [2.45, 2.75) is 19.5 Å². The fourth-order valence-electron chi connectivity index (χ4n) is 1.26. The fourth-order valence-corrected chi connectivity index (χ4v) is 1.81. The van der Waals surface area contributed by atoms with Gasteiger partial charge in [0, 0.05) is 17.6 Å². The summed E-state index contributed by atoms with van der Waals surface area (Å²) in [7, 11) is 0. The Labute approximate surface area is 83.7 Å². The van der Waals surface area contributed by atoms with Gasteiger partial charge in [-0.15, -0.1) is 0 Å². The van der Waals surface area contributed by atoms with Crippen LogP contribution in [0.2, 0.25) is 0 Å². The van der Waals surface area contributed by atoms with Gasteiger partial charge in [0.15, 0.2) is 0 Å².